The van der Waals surface area contributed by atoms with E-state index in [0.717, 1.165) is 19.3 Å². The largest absolute Gasteiger partial charge is 0.377 e. The Balaban J connectivity index is 2.54. The number of methoxy groups -OCH3 is 1. The lowest BCUT2D eigenvalue weighted by molar-refractivity contribution is -0.0383. The Labute approximate surface area is 87.4 Å². The van der Waals surface area contributed by atoms with Crippen molar-refractivity contribution in [2.75, 3.05) is 7.11 Å². The second kappa shape index (κ2) is 5.69. The minimum absolute atomic E-state index is 0.0178. The van der Waals surface area contributed by atoms with Crippen LogP contribution in [0.3, 0.4) is 0 Å². The van der Waals surface area contributed by atoms with E-state index in [-0.39, 0.29) is 5.60 Å². The highest BCUT2D eigenvalue weighted by Crippen LogP contribution is 2.36. The van der Waals surface area contributed by atoms with Crippen LogP contribution in [0.5, 0.6) is 0 Å². The molecule has 1 aliphatic rings. The van der Waals surface area contributed by atoms with Gasteiger partial charge in [-0.3, -0.25) is 11.3 Å². The fourth-order valence-electron chi connectivity index (χ4n) is 2.57. The van der Waals surface area contributed by atoms with Gasteiger partial charge in [-0.1, -0.05) is 32.6 Å². The SMILES string of the molecule is CCCCC(NN)C1(OC)CCCC1. The van der Waals surface area contributed by atoms with Crippen molar-refractivity contribution in [3.63, 3.8) is 0 Å². The Hall–Kier alpha value is -0.120. The average molecular weight is 200 g/mol. The molecule has 3 N–H and O–H groups in total. The van der Waals surface area contributed by atoms with Crippen LogP contribution < -0.4 is 11.3 Å². The molecular weight excluding hydrogens is 176 g/mol. The number of nitrogens with one attached hydrogen (secondary N) is 1. The minimum Gasteiger partial charge on any atom is -0.377 e. The standard InChI is InChI=1S/C11H24N2O/c1-3-4-7-10(13-12)11(14-2)8-5-6-9-11/h10,13H,3-9,12H2,1-2H3. The van der Waals surface area contributed by atoms with Crippen LogP contribution in [0.4, 0.5) is 0 Å². The van der Waals surface area contributed by atoms with Gasteiger partial charge in [0.15, 0.2) is 0 Å². The molecule has 0 spiro atoms. The van der Waals surface area contributed by atoms with E-state index in [4.69, 9.17) is 10.6 Å². The summed E-state index contributed by atoms with van der Waals surface area (Å²) in [6.45, 7) is 2.21. The molecule has 1 rings (SSSR count). The first-order valence-electron chi connectivity index (χ1n) is 5.80. The third-order valence-corrected chi connectivity index (χ3v) is 3.54. The third-order valence-electron chi connectivity index (χ3n) is 3.54. The maximum Gasteiger partial charge on any atom is 0.0844 e. The third kappa shape index (κ3) is 2.47. The smallest absolute Gasteiger partial charge is 0.0844 e. The summed E-state index contributed by atoms with van der Waals surface area (Å²) >= 11 is 0. The maximum absolute atomic E-state index is 5.71. The Morgan fingerprint density at radius 2 is 2.07 bits per heavy atom. The van der Waals surface area contributed by atoms with E-state index >= 15 is 0 Å². The van der Waals surface area contributed by atoms with Gasteiger partial charge >= 0.3 is 0 Å². The van der Waals surface area contributed by atoms with Crippen LogP contribution in [-0.2, 0) is 4.74 Å². The van der Waals surface area contributed by atoms with Crippen LogP contribution in [0.2, 0.25) is 0 Å². The molecule has 0 bridgehead atoms. The Bertz CT molecular complexity index is 155. The van der Waals surface area contributed by atoms with Gasteiger partial charge in [-0.05, 0) is 19.3 Å². The van der Waals surface area contributed by atoms with Gasteiger partial charge in [-0.15, -0.1) is 0 Å². The highest BCUT2D eigenvalue weighted by atomic mass is 16.5. The lowest BCUT2D eigenvalue weighted by Gasteiger charge is -2.36. The molecule has 14 heavy (non-hydrogen) atoms. The van der Waals surface area contributed by atoms with E-state index in [1.807, 2.05) is 7.11 Å². The molecule has 0 amide bonds. The number of nitrogens with two attached hydrogens (primary N) is 1. The fraction of sp³-hybridized carbons (Fsp3) is 1.00. The summed E-state index contributed by atoms with van der Waals surface area (Å²) in [7, 11) is 1.82. The number of ether oxygens (including phenoxy) is 1. The molecule has 0 aromatic rings. The van der Waals surface area contributed by atoms with Crippen LogP contribution in [0, 0.1) is 0 Å². The molecular formula is C11H24N2O. The summed E-state index contributed by atoms with van der Waals surface area (Å²) in [4.78, 5) is 0. The second-order valence-electron chi connectivity index (χ2n) is 4.34. The highest BCUT2D eigenvalue weighted by molar-refractivity contribution is 4.95. The molecule has 0 aromatic heterocycles. The monoisotopic (exact) mass is 200 g/mol. The maximum atomic E-state index is 5.71. The molecule has 0 heterocycles. The highest BCUT2D eigenvalue weighted by Gasteiger charge is 2.40. The zero-order valence-corrected chi connectivity index (χ0v) is 9.51. The number of hydrazine groups is 1. The topological polar surface area (TPSA) is 47.3 Å². The molecule has 1 aliphatic carbocycles. The van der Waals surface area contributed by atoms with E-state index in [1.54, 1.807) is 0 Å². The van der Waals surface area contributed by atoms with E-state index < -0.39 is 0 Å². The van der Waals surface area contributed by atoms with E-state index in [9.17, 15) is 0 Å². The van der Waals surface area contributed by atoms with Crippen molar-refractivity contribution in [3.8, 4) is 0 Å². The zero-order valence-electron chi connectivity index (χ0n) is 9.51. The molecule has 1 saturated carbocycles. The fourth-order valence-corrected chi connectivity index (χ4v) is 2.57. The van der Waals surface area contributed by atoms with Gasteiger partial charge in [0.25, 0.3) is 0 Å². The van der Waals surface area contributed by atoms with Crippen LogP contribution in [0.1, 0.15) is 51.9 Å². The number of unbranched alkanes of at least 4 members (excludes halogenated alkanes) is 1. The molecule has 0 radical (unpaired) electrons. The first kappa shape index (κ1) is 12.0. The number of rotatable bonds is 6. The zero-order chi connectivity index (χ0) is 10.4. The molecule has 0 saturated heterocycles. The van der Waals surface area contributed by atoms with Gasteiger partial charge in [-0.25, -0.2) is 0 Å². The molecule has 3 nitrogen and oxygen atoms in total. The molecule has 1 unspecified atom stereocenters. The van der Waals surface area contributed by atoms with Crippen LogP contribution >= 0.6 is 0 Å². The Morgan fingerprint density at radius 1 is 1.43 bits per heavy atom. The lowest BCUT2D eigenvalue weighted by atomic mass is 9.89. The van der Waals surface area contributed by atoms with Crippen molar-refractivity contribution in [1.29, 1.82) is 0 Å². The summed E-state index contributed by atoms with van der Waals surface area (Å²) in [5, 5.41) is 0. The van der Waals surface area contributed by atoms with Crippen molar-refractivity contribution in [3.05, 3.63) is 0 Å². The molecule has 1 atom stereocenters. The van der Waals surface area contributed by atoms with Gasteiger partial charge < -0.3 is 4.74 Å². The molecule has 3 heteroatoms. The van der Waals surface area contributed by atoms with Gasteiger partial charge in [0, 0.05) is 7.11 Å². The molecule has 0 aliphatic heterocycles. The van der Waals surface area contributed by atoms with Crippen molar-refractivity contribution in [1.82, 2.24) is 5.43 Å². The first-order chi connectivity index (χ1) is 6.79. The predicted octanol–water partition coefficient (Wildman–Crippen LogP) is 1.97. The predicted molar refractivity (Wildman–Crippen MR) is 58.8 cm³/mol. The van der Waals surface area contributed by atoms with Crippen molar-refractivity contribution < 1.29 is 4.74 Å². The summed E-state index contributed by atoms with van der Waals surface area (Å²) in [6, 6.07) is 0.329. The number of hydrogen-bond acceptors (Lipinski definition) is 3. The molecule has 1 fully saturated rings. The van der Waals surface area contributed by atoms with Gasteiger partial charge in [0.2, 0.25) is 0 Å². The molecule has 0 aromatic carbocycles. The van der Waals surface area contributed by atoms with Gasteiger partial charge in [0.05, 0.1) is 11.6 Å². The first-order valence-corrected chi connectivity index (χ1v) is 5.80. The van der Waals surface area contributed by atoms with Crippen molar-refractivity contribution >= 4 is 0 Å². The Morgan fingerprint density at radius 3 is 2.50 bits per heavy atom. The summed E-state index contributed by atoms with van der Waals surface area (Å²) in [5.74, 6) is 5.62. The molecule has 84 valence electrons. The quantitative estimate of drug-likeness (QED) is 0.509. The lowest BCUT2D eigenvalue weighted by Crippen LogP contribution is -2.53. The van der Waals surface area contributed by atoms with Crippen LogP contribution in [0.25, 0.3) is 0 Å². The van der Waals surface area contributed by atoms with Gasteiger partial charge in [-0.2, -0.15) is 0 Å². The minimum atomic E-state index is 0.0178. The Kier molecular flexibility index (Phi) is 4.85. The van der Waals surface area contributed by atoms with E-state index in [2.05, 4.69) is 12.3 Å². The normalized spacial score (nSPS) is 22.5. The van der Waals surface area contributed by atoms with Crippen LogP contribution in [-0.4, -0.2) is 18.8 Å². The summed E-state index contributed by atoms with van der Waals surface area (Å²) < 4.78 is 5.71. The van der Waals surface area contributed by atoms with E-state index in [0.29, 0.717) is 6.04 Å². The van der Waals surface area contributed by atoms with Crippen LogP contribution in [0.15, 0.2) is 0 Å². The second-order valence-corrected chi connectivity index (χ2v) is 4.34. The summed E-state index contributed by atoms with van der Waals surface area (Å²) in [6.07, 6.45) is 8.43. The van der Waals surface area contributed by atoms with Gasteiger partial charge in [0.1, 0.15) is 0 Å². The number of hydrogen-bond donors (Lipinski definition) is 2. The van der Waals surface area contributed by atoms with Crippen molar-refractivity contribution in [2.45, 2.75) is 63.5 Å². The van der Waals surface area contributed by atoms with Crippen molar-refractivity contribution in [2.24, 2.45) is 5.84 Å². The summed E-state index contributed by atoms with van der Waals surface area (Å²) in [5.41, 5.74) is 2.96. The van der Waals surface area contributed by atoms with E-state index in [1.165, 1.54) is 25.7 Å². The average Bonchev–Trinajstić information content (AvgIpc) is 2.69.